The SMILES string of the molecule is COc1ccccc1[C@@H]1SC(C)(C)[C@H](CNCC2CCC(Nc3nc(N(C)C)c4ccccc4n3)CC2)N1C(C)=O. The fraction of sp³-hybridized carbons (Fsp3) is 0.531. The first-order valence-electron chi connectivity index (χ1n) is 14.7. The average molecular weight is 577 g/mol. The molecule has 2 aliphatic rings. The molecule has 2 heterocycles. The summed E-state index contributed by atoms with van der Waals surface area (Å²) in [4.78, 5) is 26.7. The molecule has 0 unspecified atom stereocenters. The third-order valence-electron chi connectivity index (χ3n) is 8.53. The van der Waals surface area contributed by atoms with Gasteiger partial charge in [-0.05, 0) is 70.2 Å². The van der Waals surface area contributed by atoms with E-state index >= 15 is 0 Å². The van der Waals surface area contributed by atoms with E-state index in [1.165, 1.54) is 0 Å². The number of carbonyl (C=O) groups excluding carboxylic acids is 1. The molecule has 1 aliphatic carbocycles. The van der Waals surface area contributed by atoms with Gasteiger partial charge in [0.1, 0.15) is 16.9 Å². The van der Waals surface area contributed by atoms with E-state index < -0.39 is 0 Å². The Balaban J connectivity index is 1.16. The third-order valence-corrected chi connectivity index (χ3v) is 10.1. The van der Waals surface area contributed by atoms with Crippen molar-refractivity contribution in [1.29, 1.82) is 0 Å². The Morgan fingerprint density at radius 3 is 2.46 bits per heavy atom. The highest BCUT2D eigenvalue weighted by Crippen LogP contribution is 2.53. The molecule has 1 saturated heterocycles. The molecule has 2 fully saturated rings. The van der Waals surface area contributed by atoms with Gasteiger partial charge >= 0.3 is 0 Å². The summed E-state index contributed by atoms with van der Waals surface area (Å²) in [5, 5.41) is 8.39. The lowest BCUT2D eigenvalue weighted by molar-refractivity contribution is -0.131. The molecule has 2 atom stereocenters. The number of para-hydroxylation sites is 2. The van der Waals surface area contributed by atoms with Crippen LogP contribution in [-0.4, -0.2) is 71.9 Å². The lowest BCUT2D eigenvalue weighted by atomic mass is 9.86. The molecule has 5 rings (SSSR count). The van der Waals surface area contributed by atoms with Crippen LogP contribution in [0.1, 0.15) is 57.4 Å². The molecule has 1 aromatic heterocycles. The predicted octanol–water partition coefficient (Wildman–Crippen LogP) is 5.71. The molecule has 2 N–H and O–H groups in total. The van der Waals surface area contributed by atoms with Gasteiger partial charge in [0, 0.05) is 49.3 Å². The highest BCUT2D eigenvalue weighted by Gasteiger charge is 2.49. The zero-order valence-electron chi connectivity index (χ0n) is 25.2. The number of ether oxygens (including phenoxy) is 1. The molecule has 9 heteroatoms. The second kappa shape index (κ2) is 12.4. The summed E-state index contributed by atoms with van der Waals surface area (Å²) < 4.78 is 5.56. The smallest absolute Gasteiger partial charge is 0.225 e. The fourth-order valence-electron chi connectivity index (χ4n) is 6.32. The number of carbonyl (C=O) groups is 1. The highest BCUT2D eigenvalue weighted by atomic mass is 32.2. The van der Waals surface area contributed by atoms with Crippen molar-refractivity contribution >= 4 is 40.3 Å². The van der Waals surface area contributed by atoms with Crippen LogP contribution in [0.25, 0.3) is 10.9 Å². The maximum atomic E-state index is 12.9. The van der Waals surface area contributed by atoms with Crippen LogP contribution in [0, 0.1) is 5.92 Å². The van der Waals surface area contributed by atoms with E-state index in [9.17, 15) is 4.79 Å². The minimum Gasteiger partial charge on any atom is -0.496 e. The molecule has 3 aromatic rings. The maximum absolute atomic E-state index is 12.9. The molecule has 0 bridgehead atoms. The van der Waals surface area contributed by atoms with Crippen molar-refractivity contribution < 1.29 is 9.53 Å². The van der Waals surface area contributed by atoms with Crippen molar-refractivity contribution in [1.82, 2.24) is 20.2 Å². The van der Waals surface area contributed by atoms with Crippen molar-refractivity contribution in [2.45, 2.75) is 68.7 Å². The standard InChI is InChI=1S/C32H44N6O2S/c1-21(39)38-28(32(2,3)41-30(38)25-12-8-10-14-27(25)40-6)20-33-19-22-15-17-23(18-16-22)34-31-35-26-13-9-7-11-24(26)29(36-31)37(4)5/h7-14,22-23,28,30,33H,15-20H2,1-6H3,(H,34,35,36)/t22?,23?,28-,30-/m0/s1. The number of hydrogen-bond acceptors (Lipinski definition) is 8. The number of thioether (sulfide) groups is 1. The quantitative estimate of drug-likeness (QED) is 0.336. The molecular formula is C32H44N6O2S. The highest BCUT2D eigenvalue weighted by molar-refractivity contribution is 8.01. The van der Waals surface area contributed by atoms with Gasteiger partial charge < -0.3 is 25.2 Å². The van der Waals surface area contributed by atoms with Crippen LogP contribution < -0.4 is 20.3 Å². The van der Waals surface area contributed by atoms with Gasteiger partial charge in [0.25, 0.3) is 0 Å². The molecule has 0 radical (unpaired) electrons. The van der Waals surface area contributed by atoms with Crippen LogP contribution in [0.3, 0.4) is 0 Å². The van der Waals surface area contributed by atoms with Gasteiger partial charge in [0.2, 0.25) is 11.9 Å². The minimum absolute atomic E-state index is 0.0581. The van der Waals surface area contributed by atoms with E-state index in [0.29, 0.717) is 17.9 Å². The Morgan fingerprint density at radius 1 is 1.05 bits per heavy atom. The number of nitrogens with one attached hydrogen (secondary N) is 2. The number of fused-ring (bicyclic) bond motifs is 1. The van der Waals surface area contributed by atoms with Gasteiger partial charge in [-0.3, -0.25) is 4.79 Å². The van der Waals surface area contributed by atoms with Crippen LogP contribution >= 0.6 is 11.8 Å². The van der Waals surface area contributed by atoms with E-state index in [4.69, 9.17) is 14.7 Å². The summed E-state index contributed by atoms with van der Waals surface area (Å²) in [5.74, 6) is 3.21. The van der Waals surface area contributed by atoms with E-state index in [2.05, 4.69) is 41.5 Å². The third kappa shape index (κ3) is 6.41. The Hall–Kier alpha value is -3.04. The van der Waals surface area contributed by atoms with Crippen molar-refractivity contribution in [3.63, 3.8) is 0 Å². The van der Waals surface area contributed by atoms with Crippen LogP contribution in [0.5, 0.6) is 5.75 Å². The first kappa shape index (κ1) is 29.5. The number of amides is 1. The maximum Gasteiger partial charge on any atom is 0.225 e. The van der Waals surface area contributed by atoms with Crippen molar-refractivity contribution in [2.75, 3.05) is 44.5 Å². The van der Waals surface area contributed by atoms with Crippen molar-refractivity contribution in [3.8, 4) is 5.75 Å². The molecule has 1 amide bonds. The predicted molar refractivity (Wildman–Crippen MR) is 170 cm³/mol. The summed E-state index contributed by atoms with van der Waals surface area (Å²) >= 11 is 1.85. The molecule has 1 saturated carbocycles. The molecule has 41 heavy (non-hydrogen) atoms. The Labute approximate surface area is 248 Å². The van der Waals surface area contributed by atoms with Gasteiger partial charge in [0.05, 0.1) is 18.7 Å². The van der Waals surface area contributed by atoms with Gasteiger partial charge in [-0.15, -0.1) is 11.8 Å². The van der Waals surface area contributed by atoms with Gasteiger partial charge in [0.15, 0.2) is 0 Å². The molecule has 220 valence electrons. The summed E-state index contributed by atoms with van der Waals surface area (Å²) in [6.07, 6.45) is 4.50. The van der Waals surface area contributed by atoms with Crippen LogP contribution in [-0.2, 0) is 4.79 Å². The largest absolute Gasteiger partial charge is 0.496 e. The second-order valence-corrected chi connectivity index (χ2v) is 13.8. The Bertz CT molecular complexity index is 1360. The zero-order chi connectivity index (χ0) is 29.1. The van der Waals surface area contributed by atoms with Crippen LogP contribution in [0.4, 0.5) is 11.8 Å². The van der Waals surface area contributed by atoms with Crippen LogP contribution in [0.15, 0.2) is 48.5 Å². The Kier molecular flexibility index (Phi) is 8.94. The normalized spacial score (nSPS) is 23.9. The summed E-state index contributed by atoms with van der Waals surface area (Å²) in [5.41, 5.74) is 2.02. The monoisotopic (exact) mass is 576 g/mol. The number of methoxy groups -OCH3 is 1. The van der Waals surface area contributed by atoms with Crippen LogP contribution in [0.2, 0.25) is 0 Å². The summed E-state index contributed by atoms with van der Waals surface area (Å²) in [6, 6.07) is 16.7. The molecule has 2 aromatic carbocycles. The number of rotatable bonds is 9. The molecular weight excluding hydrogens is 532 g/mol. The lowest BCUT2D eigenvalue weighted by Gasteiger charge is -2.34. The molecule has 1 aliphatic heterocycles. The summed E-state index contributed by atoms with van der Waals surface area (Å²) in [7, 11) is 5.74. The fourth-order valence-corrected chi connectivity index (χ4v) is 7.98. The van der Waals surface area contributed by atoms with Crippen molar-refractivity contribution in [3.05, 3.63) is 54.1 Å². The lowest BCUT2D eigenvalue weighted by Crippen LogP contribution is -2.50. The minimum atomic E-state index is -0.0863. The zero-order valence-corrected chi connectivity index (χ0v) is 26.0. The van der Waals surface area contributed by atoms with Gasteiger partial charge in [-0.25, -0.2) is 4.98 Å². The van der Waals surface area contributed by atoms with Gasteiger partial charge in [-0.2, -0.15) is 4.98 Å². The summed E-state index contributed by atoms with van der Waals surface area (Å²) in [6.45, 7) is 7.94. The first-order chi connectivity index (χ1) is 19.7. The topological polar surface area (TPSA) is 82.6 Å². The molecule has 8 nitrogen and oxygen atoms in total. The first-order valence-corrected chi connectivity index (χ1v) is 15.6. The average Bonchev–Trinajstić information content (AvgIpc) is 3.23. The van der Waals surface area contributed by atoms with Gasteiger partial charge in [-0.1, -0.05) is 30.3 Å². The number of anilines is 2. The van der Waals surface area contributed by atoms with E-state index in [-0.39, 0.29) is 22.1 Å². The van der Waals surface area contributed by atoms with E-state index in [1.54, 1.807) is 14.0 Å². The Morgan fingerprint density at radius 2 is 1.76 bits per heavy atom. The number of nitrogens with zero attached hydrogens (tertiary/aromatic N) is 4. The number of benzene rings is 2. The number of aromatic nitrogens is 2. The van der Waals surface area contributed by atoms with E-state index in [0.717, 1.165) is 66.8 Å². The number of hydrogen-bond donors (Lipinski definition) is 2. The second-order valence-electron chi connectivity index (χ2n) is 12.1. The van der Waals surface area contributed by atoms with Crippen molar-refractivity contribution in [2.24, 2.45) is 5.92 Å². The molecule has 0 spiro atoms. The van der Waals surface area contributed by atoms with E-state index in [1.807, 2.05) is 67.2 Å².